The molecule has 1 N–H and O–H groups in total. The molecule has 5 heteroatoms. The fraction of sp³-hybridized carbons (Fsp3) is 0.118. The van der Waals surface area contributed by atoms with Gasteiger partial charge in [-0.15, -0.1) is 0 Å². The summed E-state index contributed by atoms with van der Waals surface area (Å²) < 4.78 is 7.55. The standard InChI is InChI=1S/C17H14ClNO3/c18-12-5-7-13(8-6-12)22-10-9-19-11-15(17(20)21)14-3-1-2-4-16(14)19/h1-8,11H,9-10H2,(H,20,21). The smallest absolute Gasteiger partial charge is 0.337 e. The molecule has 0 aliphatic rings. The van der Waals surface area contributed by atoms with Gasteiger partial charge in [-0.3, -0.25) is 0 Å². The number of para-hydroxylation sites is 1. The average Bonchev–Trinajstić information content (AvgIpc) is 2.89. The Bertz CT molecular complexity index is 808. The van der Waals surface area contributed by atoms with Crippen molar-refractivity contribution in [2.24, 2.45) is 0 Å². The van der Waals surface area contributed by atoms with Gasteiger partial charge in [-0.05, 0) is 30.3 Å². The third-order valence-corrected chi connectivity index (χ3v) is 3.69. The quantitative estimate of drug-likeness (QED) is 0.772. The lowest BCUT2D eigenvalue weighted by Crippen LogP contribution is -2.07. The Morgan fingerprint density at radius 3 is 2.59 bits per heavy atom. The highest BCUT2D eigenvalue weighted by atomic mass is 35.5. The molecular formula is C17H14ClNO3. The zero-order valence-corrected chi connectivity index (χ0v) is 12.5. The van der Waals surface area contributed by atoms with Crippen LogP contribution in [0.2, 0.25) is 5.02 Å². The zero-order chi connectivity index (χ0) is 15.5. The normalized spacial score (nSPS) is 10.8. The third-order valence-electron chi connectivity index (χ3n) is 3.43. The Morgan fingerprint density at radius 1 is 1.14 bits per heavy atom. The van der Waals surface area contributed by atoms with E-state index in [4.69, 9.17) is 16.3 Å². The zero-order valence-electron chi connectivity index (χ0n) is 11.7. The van der Waals surface area contributed by atoms with E-state index in [1.165, 1.54) is 0 Å². The van der Waals surface area contributed by atoms with Gasteiger partial charge in [0.15, 0.2) is 0 Å². The largest absolute Gasteiger partial charge is 0.492 e. The van der Waals surface area contributed by atoms with E-state index in [0.29, 0.717) is 23.7 Å². The lowest BCUT2D eigenvalue weighted by atomic mass is 10.2. The first-order valence-corrected chi connectivity index (χ1v) is 7.22. The number of aromatic nitrogens is 1. The first kappa shape index (κ1) is 14.5. The summed E-state index contributed by atoms with van der Waals surface area (Å²) in [5.41, 5.74) is 1.20. The van der Waals surface area contributed by atoms with Crippen LogP contribution in [0.1, 0.15) is 10.4 Å². The minimum atomic E-state index is -0.923. The van der Waals surface area contributed by atoms with Crippen molar-refractivity contribution < 1.29 is 14.6 Å². The van der Waals surface area contributed by atoms with E-state index in [1.54, 1.807) is 30.5 Å². The van der Waals surface area contributed by atoms with Crippen molar-refractivity contribution in [1.82, 2.24) is 4.57 Å². The second-order valence-electron chi connectivity index (χ2n) is 4.86. The van der Waals surface area contributed by atoms with Crippen molar-refractivity contribution in [3.8, 4) is 5.75 Å². The molecule has 3 rings (SSSR count). The molecule has 0 bridgehead atoms. The van der Waals surface area contributed by atoms with Crippen molar-refractivity contribution in [1.29, 1.82) is 0 Å². The molecule has 0 spiro atoms. The lowest BCUT2D eigenvalue weighted by Gasteiger charge is -2.08. The van der Waals surface area contributed by atoms with Crippen LogP contribution in [0.5, 0.6) is 5.75 Å². The van der Waals surface area contributed by atoms with Gasteiger partial charge >= 0.3 is 5.97 Å². The average molecular weight is 316 g/mol. The van der Waals surface area contributed by atoms with E-state index >= 15 is 0 Å². The highest BCUT2D eigenvalue weighted by Crippen LogP contribution is 2.21. The maximum absolute atomic E-state index is 11.3. The fourth-order valence-corrected chi connectivity index (χ4v) is 2.52. The number of hydrogen-bond acceptors (Lipinski definition) is 2. The van der Waals surface area contributed by atoms with Crippen LogP contribution in [0.4, 0.5) is 0 Å². The topological polar surface area (TPSA) is 51.5 Å². The van der Waals surface area contributed by atoms with Crippen molar-refractivity contribution in [3.05, 3.63) is 65.3 Å². The Hall–Kier alpha value is -2.46. The summed E-state index contributed by atoms with van der Waals surface area (Å²) in [6.45, 7) is 1.01. The van der Waals surface area contributed by atoms with Gasteiger partial charge in [0.1, 0.15) is 12.4 Å². The summed E-state index contributed by atoms with van der Waals surface area (Å²) in [5, 5.41) is 10.7. The summed E-state index contributed by atoms with van der Waals surface area (Å²) in [6, 6.07) is 14.6. The highest BCUT2D eigenvalue weighted by Gasteiger charge is 2.13. The molecule has 2 aromatic carbocycles. The summed E-state index contributed by atoms with van der Waals surface area (Å²) in [4.78, 5) is 11.3. The fourth-order valence-electron chi connectivity index (χ4n) is 2.39. The molecule has 112 valence electrons. The Morgan fingerprint density at radius 2 is 1.86 bits per heavy atom. The first-order valence-electron chi connectivity index (χ1n) is 6.84. The van der Waals surface area contributed by atoms with Crippen LogP contribution in [0.25, 0.3) is 10.9 Å². The van der Waals surface area contributed by atoms with Gasteiger partial charge in [0, 0.05) is 22.1 Å². The molecule has 0 atom stereocenters. The molecule has 22 heavy (non-hydrogen) atoms. The maximum Gasteiger partial charge on any atom is 0.337 e. The summed E-state index contributed by atoms with van der Waals surface area (Å²) in [6.07, 6.45) is 1.65. The minimum Gasteiger partial charge on any atom is -0.492 e. The van der Waals surface area contributed by atoms with Crippen LogP contribution in [0.3, 0.4) is 0 Å². The van der Waals surface area contributed by atoms with E-state index in [-0.39, 0.29) is 0 Å². The first-order chi connectivity index (χ1) is 10.6. The number of benzene rings is 2. The number of rotatable bonds is 5. The summed E-state index contributed by atoms with van der Waals surface area (Å²) in [5.74, 6) is -0.187. The predicted molar refractivity (Wildman–Crippen MR) is 85.8 cm³/mol. The van der Waals surface area contributed by atoms with Crippen LogP contribution in [-0.2, 0) is 6.54 Å². The molecule has 0 amide bonds. The van der Waals surface area contributed by atoms with Gasteiger partial charge in [0.25, 0.3) is 0 Å². The number of nitrogens with zero attached hydrogens (tertiary/aromatic N) is 1. The third kappa shape index (κ3) is 2.92. The molecule has 0 radical (unpaired) electrons. The second kappa shape index (κ2) is 6.12. The number of fused-ring (bicyclic) bond motifs is 1. The molecular weight excluding hydrogens is 302 g/mol. The molecule has 0 saturated carbocycles. The Kier molecular flexibility index (Phi) is 4.02. The molecule has 0 aliphatic heterocycles. The van der Waals surface area contributed by atoms with Gasteiger partial charge in [0.05, 0.1) is 12.1 Å². The molecule has 4 nitrogen and oxygen atoms in total. The molecule has 0 fully saturated rings. The van der Waals surface area contributed by atoms with Gasteiger partial charge < -0.3 is 14.4 Å². The van der Waals surface area contributed by atoms with E-state index in [0.717, 1.165) is 16.7 Å². The molecule has 1 heterocycles. The van der Waals surface area contributed by atoms with E-state index in [2.05, 4.69) is 0 Å². The number of halogens is 1. The lowest BCUT2D eigenvalue weighted by molar-refractivity contribution is 0.0698. The molecule has 0 aliphatic carbocycles. The van der Waals surface area contributed by atoms with E-state index < -0.39 is 5.97 Å². The Balaban J connectivity index is 1.76. The highest BCUT2D eigenvalue weighted by molar-refractivity contribution is 6.30. The number of aromatic carboxylic acids is 1. The molecule has 0 saturated heterocycles. The maximum atomic E-state index is 11.3. The monoisotopic (exact) mass is 315 g/mol. The van der Waals surface area contributed by atoms with Gasteiger partial charge in [0.2, 0.25) is 0 Å². The van der Waals surface area contributed by atoms with Crippen molar-refractivity contribution >= 4 is 28.5 Å². The van der Waals surface area contributed by atoms with Crippen LogP contribution in [0, 0.1) is 0 Å². The molecule has 0 unspecified atom stereocenters. The van der Waals surface area contributed by atoms with Crippen LogP contribution >= 0.6 is 11.6 Å². The van der Waals surface area contributed by atoms with Crippen LogP contribution in [0.15, 0.2) is 54.7 Å². The van der Waals surface area contributed by atoms with Gasteiger partial charge in [-0.25, -0.2) is 4.79 Å². The minimum absolute atomic E-state index is 0.307. The number of hydrogen-bond donors (Lipinski definition) is 1. The summed E-state index contributed by atoms with van der Waals surface area (Å²) in [7, 11) is 0. The SMILES string of the molecule is O=C(O)c1cn(CCOc2ccc(Cl)cc2)c2ccccc12. The number of carboxylic acids is 1. The number of carboxylic acid groups (broad SMARTS) is 1. The molecule has 3 aromatic rings. The second-order valence-corrected chi connectivity index (χ2v) is 5.30. The molecule has 1 aromatic heterocycles. The van der Waals surface area contributed by atoms with Gasteiger partial charge in [-0.1, -0.05) is 29.8 Å². The van der Waals surface area contributed by atoms with Crippen LogP contribution in [-0.4, -0.2) is 22.2 Å². The van der Waals surface area contributed by atoms with Crippen molar-refractivity contribution in [2.75, 3.05) is 6.61 Å². The van der Waals surface area contributed by atoms with E-state index in [9.17, 15) is 9.90 Å². The number of ether oxygens (including phenoxy) is 1. The van der Waals surface area contributed by atoms with Crippen LogP contribution < -0.4 is 4.74 Å². The van der Waals surface area contributed by atoms with Crippen molar-refractivity contribution in [2.45, 2.75) is 6.54 Å². The number of carbonyl (C=O) groups is 1. The van der Waals surface area contributed by atoms with Crippen molar-refractivity contribution in [3.63, 3.8) is 0 Å². The Labute approximate surface area is 132 Å². The van der Waals surface area contributed by atoms with Gasteiger partial charge in [-0.2, -0.15) is 0 Å². The predicted octanol–water partition coefficient (Wildman–Crippen LogP) is 4.07. The summed E-state index contributed by atoms with van der Waals surface area (Å²) >= 11 is 5.82. The van der Waals surface area contributed by atoms with E-state index in [1.807, 2.05) is 28.8 Å².